The van der Waals surface area contributed by atoms with E-state index >= 15 is 0 Å². The molecule has 0 fully saturated rings. The van der Waals surface area contributed by atoms with Crippen molar-refractivity contribution in [1.29, 1.82) is 0 Å². The van der Waals surface area contributed by atoms with E-state index in [0.29, 0.717) is 6.04 Å². The number of nitrogens with one attached hydrogen (secondary N) is 1. The van der Waals surface area contributed by atoms with Crippen molar-refractivity contribution in [2.24, 2.45) is 0 Å². The highest BCUT2D eigenvalue weighted by atomic mass is 32.1. The smallest absolute Gasteiger partial charge is 0.109 e. The molecule has 1 aliphatic rings. The lowest BCUT2D eigenvalue weighted by atomic mass is 10.2. The molecule has 4 nitrogen and oxygen atoms in total. The minimum absolute atomic E-state index is 0.291. The molecule has 2 aromatic heterocycles. The Labute approximate surface area is 117 Å². The molecule has 0 saturated carbocycles. The third-order valence-electron chi connectivity index (χ3n) is 3.78. The van der Waals surface area contributed by atoms with Crippen LogP contribution in [0.25, 0.3) is 0 Å². The molecule has 0 aromatic carbocycles. The average molecular weight is 276 g/mol. The lowest BCUT2D eigenvalue weighted by Crippen LogP contribution is -2.18. The second-order valence-electron chi connectivity index (χ2n) is 5.20. The first-order chi connectivity index (χ1) is 9.24. The SMILES string of the molecule is Cc1ncsc1CNC(C)c1cn2c(n1)CCCC2. The molecule has 5 heteroatoms. The van der Waals surface area contributed by atoms with Gasteiger partial charge in [0.15, 0.2) is 0 Å². The fraction of sp³-hybridized carbons (Fsp3) is 0.571. The van der Waals surface area contributed by atoms with Gasteiger partial charge >= 0.3 is 0 Å². The molecular formula is C14H20N4S. The molecule has 102 valence electrons. The number of fused-ring (bicyclic) bond motifs is 1. The van der Waals surface area contributed by atoms with Crippen molar-refractivity contribution in [3.63, 3.8) is 0 Å². The quantitative estimate of drug-likeness (QED) is 0.933. The molecular weight excluding hydrogens is 256 g/mol. The summed E-state index contributed by atoms with van der Waals surface area (Å²) in [5.41, 5.74) is 4.21. The van der Waals surface area contributed by atoms with Crippen LogP contribution in [0.4, 0.5) is 0 Å². The van der Waals surface area contributed by atoms with Gasteiger partial charge in [0.2, 0.25) is 0 Å². The zero-order valence-electron chi connectivity index (χ0n) is 11.5. The maximum absolute atomic E-state index is 4.76. The first-order valence-corrected chi connectivity index (χ1v) is 7.80. The molecule has 1 unspecified atom stereocenters. The van der Waals surface area contributed by atoms with Crippen molar-refractivity contribution in [2.75, 3.05) is 0 Å². The zero-order valence-corrected chi connectivity index (χ0v) is 12.3. The van der Waals surface area contributed by atoms with Gasteiger partial charge in [0.25, 0.3) is 0 Å². The van der Waals surface area contributed by atoms with E-state index in [4.69, 9.17) is 4.98 Å². The van der Waals surface area contributed by atoms with Crippen molar-refractivity contribution >= 4 is 11.3 Å². The molecule has 2 aromatic rings. The minimum Gasteiger partial charge on any atom is -0.335 e. The molecule has 0 saturated heterocycles. The Bertz CT molecular complexity index is 534. The second kappa shape index (κ2) is 5.43. The van der Waals surface area contributed by atoms with Crippen LogP contribution in [0, 0.1) is 6.92 Å². The van der Waals surface area contributed by atoms with E-state index in [1.165, 1.54) is 29.2 Å². The van der Waals surface area contributed by atoms with Crippen LogP contribution in [-0.4, -0.2) is 14.5 Å². The third kappa shape index (κ3) is 2.72. The molecule has 19 heavy (non-hydrogen) atoms. The molecule has 1 aliphatic heterocycles. The fourth-order valence-corrected chi connectivity index (χ4v) is 3.22. The van der Waals surface area contributed by atoms with Gasteiger partial charge in [-0.2, -0.15) is 0 Å². The average Bonchev–Trinajstić information content (AvgIpc) is 3.01. The largest absolute Gasteiger partial charge is 0.335 e. The predicted octanol–water partition coefficient (Wildman–Crippen LogP) is 2.84. The predicted molar refractivity (Wildman–Crippen MR) is 77.3 cm³/mol. The van der Waals surface area contributed by atoms with Crippen LogP contribution in [0.5, 0.6) is 0 Å². The van der Waals surface area contributed by atoms with Crippen LogP contribution < -0.4 is 5.32 Å². The Kier molecular flexibility index (Phi) is 3.66. The first kappa shape index (κ1) is 12.8. The summed E-state index contributed by atoms with van der Waals surface area (Å²) in [4.78, 5) is 10.4. The first-order valence-electron chi connectivity index (χ1n) is 6.92. The maximum Gasteiger partial charge on any atom is 0.109 e. The van der Waals surface area contributed by atoms with Gasteiger partial charge in [-0.3, -0.25) is 0 Å². The molecule has 1 atom stereocenters. The summed E-state index contributed by atoms with van der Waals surface area (Å²) in [6.45, 7) is 6.25. The van der Waals surface area contributed by atoms with E-state index in [2.05, 4.69) is 34.9 Å². The summed E-state index contributed by atoms with van der Waals surface area (Å²) < 4.78 is 2.31. The van der Waals surface area contributed by atoms with Gasteiger partial charge in [0, 0.05) is 36.6 Å². The number of hydrogen-bond donors (Lipinski definition) is 1. The van der Waals surface area contributed by atoms with E-state index in [9.17, 15) is 0 Å². The number of aromatic nitrogens is 3. The maximum atomic E-state index is 4.76. The van der Waals surface area contributed by atoms with E-state index < -0.39 is 0 Å². The number of aryl methyl sites for hydroxylation is 3. The Morgan fingerprint density at radius 2 is 2.37 bits per heavy atom. The zero-order chi connectivity index (χ0) is 13.2. The van der Waals surface area contributed by atoms with Gasteiger partial charge in [-0.25, -0.2) is 9.97 Å². The highest BCUT2D eigenvalue weighted by molar-refractivity contribution is 7.09. The molecule has 0 aliphatic carbocycles. The molecule has 1 N–H and O–H groups in total. The van der Waals surface area contributed by atoms with E-state index in [1.54, 1.807) is 11.3 Å². The highest BCUT2D eigenvalue weighted by Crippen LogP contribution is 2.19. The van der Waals surface area contributed by atoms with Gasteiger partial charge < -0.3 is 9.88 Å². The Balaban J connectivity index is 1.65. The van der Waals surface area contributed by atoms with Crippen LogP contribution in [0.2, 0.25) is 0 Å². The molecule has 0 spiro atoms. The van der Waals surface area contributed by atoms with Gasteiger partial charge in [-0.05, 0) is 26.7 Å². The summed E-state index contributed by atoms with van der Waals surface area (Å²) in [5, 5.41) is 3.55. The van der Waals surface area contributed by atoms with Crippen LogP contribution in [0.15, 0.2) is 11.7 Å². The molecule has 3 heterocycles. The monoisotopic (exact) mass is 276 g/mol. The number of imidazole rings is 1. The Hall–Kier alpha value is -1.20. The highest BCUT2D eigenvalue weighted by Gasteiger charge is 2.16. The van der Waals surface area contributed by atoms with Crippen molar-refractivity contribution in [1.82, 2.24) is 19.9 Å². The number of thiazole rings is 1. The van der Waals surface area contributed by atoms with Crippen molar-refractivity contribution in [2.45, 2.75) is 52.2 Å². The van der Waals surface area contributed by atoms with Crippen LogP contribution in [0.3, 0.4) is 0 Å². The third-order valence-corrected chi connectivity index (χ3v) is 4.72. The molecule has 0 amide bonds. The summed E-state index contributed by atoms with van der Waals surface area (Å²) in [5.74, 6) is 1.25. The summed E-state index contributed by atoms with van der Waals surface area (Å²) in [7, 11) is 0. The van der Waals surface area contributed by atoms with Gasteiger partial charge in [0.05, 0.1) is 16.9 Å². The van der Waals surface area contributed by atoms with Gasteiger partial charge in [0.1, 0.15) is 5.82 Å². The normalized spacial score (nSPS) is 16.3. The summed E-state index contributed by atoms with van der Waals surface area (Å²) in [6, 6.07) is 0.291. The Morgan fingerprint density at radius 3 is 3.11 bits per heavy atom. The lowest BCUT2D eigenvalue weighted by molar-refractivity contribution is 0.522. The van der Waals surface area contributed by atoms with Crippen molar-refractivity contribution in [3.8, 4) is 0 Å². The lowest BCUT2D eigenvalue weighted by Gasteiger charge is -2.12. The summed E-state index contributed by atoms with van der Waals surface area (Å²) >= 11 is 1.71. The standard InChI is InChI=1S/C14H20N4S/c1-10(15-7-13-11(2)16-9-19-13)12-8-18-6-4-3-5-14(18)17-12/h8-10,15H,3-7H2,1-2H3. The van der Waals surface area contributed by atoms with Crippen LogP contribution >= 0.6 is 11.3 Å². The van der Waals surface area contributed by atoms with E-state index in [0.717, 1.165) is 25.2 Å². The van der Waals surface area contributed by atoms with Crippen molar-refractivity contribution < 1.29 is 0 Å². The number of nitrogens with zero attached hydrogens (tertiary/aromatic N) is 3. The molecule has 0 radical (unpaired) electrons. The summed E-state index contributed by atoms with van der Waals surface area (Å²) in [6.07, 6.45) is 5.90. The number of rotatable bonds is 4. The Morgan fingerprint density at radius 1 is 1.47 bits per heavy atom. The van der Waals surface area contributed by atoms with Gasteiger partial charge in [-0.1, -0.05) is 0 Å². The second-order valence-corrected chi connectivity index (χ2v) is 6.14. The minimum atomic E-state index is 0.291. The topological polar surface area (TPSA) is 42.7 Å². The van der Waals surface area contributed by atoms with Crippen molar-refractivity contribution in [3.05, 3.63) is 33.8 Å². The number of hydrogen-bond acceptors (Lipinski definition) is 4. The van der Waals surface area contributed by atoms with Gasteiger partial charge in [-0.15, -0.1) is 11.3 Å². The van der Waals surface area contributed by atoms with E-state index in [1.807, 2.05) is 5.51 Å². The van der Waals surface area contributed by atoms with E-state index in [-0.39, 0.29) is 0 Å². The van der Waals surface area contributed by atoms with Crippen LogP contribution in [0.1, 0.15) is 47.9 Å². The molecule has 0 bridgehead atoms. The molecule has 3 rings (SSSR count). The fourth-order valence-electron chi connectivity index (χ4n) is 2.49. The van der Waals surface area contributed by atoms with Crippen LogP contribution in [-0.2, 0) is 19.5 Å².